The molecule has 0 unspecified atom stereocenters. The number of hydrogen-bond acceptors (Lipinski definition) is 5. The molecular weight excluding hydrogens is 424 g/mol. The molecule has 4 atom stereocenters. The molecule has 184 valence electrons. The third kappa shape index (κ3) is 4.26. The van der Waals surface area contributed by atoms with E-state index in [4.69, 9.17) is 10.5 Å². The zero-order chi connectivity index (χ0) is 23.1. The van der Waals surface area contributed by atoms with E-state index in [1.807, 2.05) is 4.31 Å². The topological polar surface area (TPSA) is 89.7 Å². The van der Waals surface area contributed by atoms with Gasteiger partial charge in [-0.05, 0) is 63.2 Å². The van der Waals surface area contributed by atoms with Crippen LogP contribution in [0.4, 0.5) is 0 Å². The van der Waals surface area contributed by atoms with Gasteiger partial charge in [0.1, 0.15) is 12.1 Å². The van der Waals surface area contributed by atoms with Gasteiger partial charge in [-0.2, -0.15) is 4.31 Å². The fourth-order valence-electron chi connectivity index (χ4n) is 7.58. The molecule has 2 bridgehead atoms. The molecule has 0 aliphatic heterocycles. The first-order valence-corrected chi connectivity index (χ1v) is 14.7. The van der Waals surface area contributed by atoms with Crippen molar-refractivity contribution in [2.45, 2.75) is 128 Å². The zero-order valence-electron chi connectivity index (χ0n) is 20.4. The smallest absolute Gasteiger partial charge is 0.322 e. The molecule has 4 saturated carbocycles. The van der Waals surface area contributed by atoms with Gasteiger partial charge in [-0.1, -0.05) is 52.4 Å². The monoisotopic (exact) mass is 468 g/mol. The second-order valence-electron chi connectivity index (χ2n) is 11.7. The average Bonchev–Trinajstić information content (AvgIpc) is 3.09. The molecule has 2 N–H and O–H groups in total. The Bertz CT molecular complexity index is 766. The first-order chi connectivity index (χ1) is 15.1. The van der Waals surface area contributed by atoms with Crippen LogP contribution in [0.2, 0.25) is 0 Å². The van der Waals surface area contributed by atoms with E-state index < -0.39 is 27.4 Å². The van der Waals surface area contributed by atoms with E-state index in [2.05, 4.69) is 13.8 Å². The van der Waals surface area contributed by atoms with Crippen molar-refractivity contribution in [2.75, 3.05) is 5.75 Å². The molecular formula is C25H44N2O4S. The second kappa shape index (κ2) is 9.18. The number of carbonyl (C=O) groups excluding carboxylic acids is 1. The first kappa shape index (κ1) is 24.5. The standard InChI is InChI=1S/C25H44N2O4S/c1-18(26)23(28)31-22-16-19-14-15-25(22,24(19,2)3)17-32(29,30)27(20-10-6-4-7-11-20)21-12-8-5-9-13-21/h18-22H,4-17,26H2,1-3H3/t18-,19-,22-,25-/m0/s1. The van der Waals surface area contributed by atoms with Crippen LogP contribution in [0.1, 0.15) is 104 Å². The van der Waals surface area contributed by atoms with Gasteiger partial charge in [0, 0.05) is 17.5 Å². The number of esters is 1. The van der Waals surface area contributed by atoms with Crippen LogP contribution in [0.25, 0.3) is 0 Å². The van der Waals surface area contributed by atoms with Gasteiger partial charge in [0.15, 0.2) is 0 Å². The summed E-state index contributed by atoms with van der Waals surface area (Å²) in [4.78, 5) is 12.4. The maximum Gasteiger partial charge on any atom is 0.322 e. The molecule has 0 heterocycles. The molecule has 0 aromatic heterocycles. The number of rotatable bonds is 7. The molecule has 4 fully saturated rings. The summed E-state index contributed by atoms with van der Waals surface area (Å²) in [6.07, 6.45) is 13.1. The molecule has 0 radical (unpaired) electrons. The zero-order valence-corrected chi connectivity index (χ0v) is 21.2. The van der Waals surface area contributed by atoms with Gasteiger partial charge in [-0.25, -0.2) is 8.42 Å². The Balaban J connectivity index is 1.65. The van der Waals surface area contributed by atoms with Crippen molar-refractivity contribution in [3.63, 3.8) is 0 Å². The summed E-state index contributed by atoms with van der Waals surface area (Å²) in [7, 11) is -3.50. The minimum atomic E-state index is -3.50. The van der Waals surface area contributed by atoms with Gasteiger partial charge in [0.05, 0.1) is 5.75 Å². The van der Waals surface area contributed by atoms with E-state index in [0.717, 1.165) is 70.6 Å². The number of carbonyl (C=O) groups is 1. The Morgan fingerprint density at radius 1 is 1.00 bits per heavy atom. The van der Waals surface area contributed by atoms with Crippen molar-refractivity contribution in [1.82, 2.24) is 4.31 Å². The number of nitrogens with zero attached hydrogens (tertiary/aromatic N) is 1. The van der Waals surface area contributed by atoms with Crippen molar-refractivity contribution >= 4 is 16.0 Å². The van der Waals surface area contributed by atoms with Gasteiger partial charge < -0.3 is 10.5 Å². The summed E-state index contributed by atoms with van der Waals surface area (Å²) >= 11 is 0. The van der Waals surface area contributed by atoms with Crippen molar-refractivity contribution in [3.8, 4) is 0 Å². The maximum atomic E-state index is 14.3. The minimum Gasteiger partial charge on any atom is -0.461 e. The summed E-state index contributed by atoms with van der Waals surface area (Å²) < 4.78 is 36.5. The SMILES string of the molecule is C[C@H](N)C(=O)O[C@H]1C[C@@H]2CC[C@@]1(CS(=O)(=O)N(C1CCCCC1)C1CCCCC1)C2(C)C. The fourth-order valence-corrected chi connectivity index (χ4v) is 10.4. The first-order valence-electron chi connectivity index (χ1n) is 13.1. The molecule has 0 amide bonds. The lowest BCUT2D eigenvalue weighted by molar-refractivity contribution is -0.157. The van der Waals surface area contributed by atoms with E-state index in [-0.39, 0.29) is 29.4 Å². The van der Waals surface area contributed by atoms with Crippen molar-refractivity contribution in [1.29, 1.82) is 0 Å². The highest BCUT2D eigenvalue weighted by Gasteiger charge is 2.67. The number of fused-ring (bicyclic) bond motifs is 2. The molecule has 0 aromatic carbocycles. The van der Waals surface area contributed by atoms with Gasteiger partial charge >= 0.3 is 5.97 Å². The highest BCUT2D eigenvalue weighted by molar-refractivity contribution is 7.89. The van der Waals surface area contributed by atoms with Crippen LogP contribution in [0.3, 0.4) is 0 Å². The number of sulfonamides is 1. The summed E-state index contributed by atoms with van der Waals surface area (Å²) in [5.41, 5.74) is 5.09. The van der Waals surface area contributed by atoms with Crippen LogP contribution in [0.15, 0.2) is 0 Å². The Hall–Kier alpha value is -0.660. The number of ether oxygens (including phenoxy) is 1. The van der Waals surface area contributed by atoms with Gasteiger partial charge in [-0.15, -0.1) is 0 Å². The van der Waals surface area contributed by atoms with Crippen LogP contribution in [0.5, 0.6) is 0 Å². The van der Waals surface area contributed by atoms with E-state index >= 15 is 0 Å². The number of hydrogen-bond donors (Lipinski definition) is 1. The van der Waals surface area contributed by atoms with Crippen LogP contribution in [-0.4, -0.2) is 48.7 Å². The van der Waals surface area contributed by atoms with Gasteiger partial charge in [-0.3, -0.25) is 4.79 Å². The highest BCUT2D eigenvalue weighted by atomic mass is 32.2. The quantitative estimate of drug-likeness (QED) is 0.561. The lowest BCUT2D eigenvalue weighted by atomic mass is 9.69. The normalized spacial score (nSPS) is 34.7. The molecule has 0 aromatic rings. The molecule has 0 spiro atoms. The second-order valence-corrected chi connectivity index (χ2v) is 13.6. The largest absolute Gasteiger partial charge is 0.461 e. The van der Waals surface area contributed by atoms with E-state index in [9.17, 15) is 13.2 Å². The Labute approximate surface area is 195 Å². The maximum absolute atomic E-state index is 14.3. The predicted molar refractivity (Wildman–Crippen MR) is 126 cm³/mol. The molecule has 32 heavy (non-hydrogen) atoms. The summed E-state index contributed by atoms with van der Waals surface area (Å²) in [6.45, 7) is 6.04. The van der Waals surface area contributed by atoms with Crippen LogP contribution >= 0.6 is 0 Å². The molecule has 4 rings (SSSR count). The van der Waals surface area contributed by atoms with Crippen LogP contribution in [0, 0.1) is 16.7 Å². The fraction of sp³-hybridized carbons (Fsp3) is 0.960. The molecule has 4 aliphatic rings. The number of nitrogens with two attached hydrogens (primary N) is 1. The summed E-state index contributed by atoms with van der Waals surface area (Å²) in [5.74, 6) is 0.0841. The van der Waals surface area contributed by atoms with Crippen molar-refractivity contribution in [2.24, 2.45) is 22.5 Å². The molecule has 7 heteroatoms. The summed E-state index contributed by atoms with van der Waals surface area (Å²) in [6, 6.07) is -0.410. The van der Waals surface area contributed by atoms with Crippen LogP contribution in [-0.2, 0) is 19.6 Å². The van der Waals surface area contributed by atoms with Crippen LogP contribution < -0.4 is 5.73 Å². The third-order valence-electron chi connectivity index (χ3n) is 9.62. The lowest BCUT2D eigenvalue weighted by Crippen LogP contribution is -2.55. The lowest BCUT2D eigenvalue weighted by Gasteiger charge is -2.46. The van der Waals surface area contributed by atoms with E-state index in [1.54, 1.807) is 6.92 Å². The van der Waals surface area contributed by atoms with E-state index in [0.29, 0.717) is 5.92 Å². The van der Waals surface area contributed by atoms with Crippen molar-refractivity contribution in [3.05, 3.63) is 0 Å². The summed E-state index contributed by atoms with van der Waals surface area (Å²) in [5, 5.41) is 0. The Morgan fingerprint density at radius 3 is 2.00 bits per heavy atom. The molecule has 4 aliphatic carbocycles. The highest BCUT2D eigenvalue weighted by Crippen LogP contribution is 2.67. The third-order valence-corrected chi connectivity index (χ3v) is 11.7. The molecule has 6 nitrogen and oxygen atoms in total. The average molecular weight is 469 g/mol. The predicted octanol–water partition coefficient (Wildman–Crippen LogP) is 4.37. The Kier molecular flexibility index (Phi) is 7.02. The van der Waals surface area contributed by atoms with Gasteiger partial charge in [0.2, 0.25) is 10.0 Å². The van der Waals surface area contributed by atoms with Crippen molar-refractivity contribution < 1.29 is 17.9 Å². The van der Waals surface area contributed by atoms with E-state index in [1.165, 1.54) is 12.8 Å². The minimum absolute atomic E-state index is 0.105. The molecule has 0 saturated heterocycles. The van der Waals surface area contributed by atoms with Gasteiger partial charge in [0.25, 0.3) is 0 Å². The Morgan fingerprint density at radius 2 is 1.53 bits per heavy atom.